The molecular weight excluding hydrogens is 405 g/mol. The average molecular weight is 432 g/mol. The third-order valence-corrected chi connectivity index (χ3v) is 4.81. The van der Waals surface area contributed by atoms with Crippen molar-refractivity contribution in [3.8, 4) is 11.5 Å². The molecule has 0 radical (unpaired) electrons. The number of hydrogen-bond acceptors (Lipinski definition) is 3. The van der Waals surface area contributed by atoms with E-state index in [4.69, 9.17) is 21.1 Å². The number of para-hydroxylation sites is 1. The normalized spacial score (nSPS) is 11.4. The standard InChI is InChI=1S/C24H26ClNO2.ClH/c1-3-27-23-11-7-10-21(16-26-18(2)20-8-5-4-6-9-20)24(23)28-17-19-12-14-22(25)15-13-19;/h4-15,18,26H,3,16-17H2,1-2H3;1H. The van der Waals surface area contributed by atoms with Gasteiger partial charge in [0.2, 0.25) is 0 Å². The summed E-state index contributed by atoms with van der Waals surface area (Å²) in [5.74, 6) is 1.55. The highest BCUT2D eigenvalue weighted by atomic mass is 35.5. The third-order valence-electron chi connectivity index (χ3n) is 4.55. The minimum atomic E-state index is 0. The van der Waals surface area contributed by atoms with Gasteiger partial charge in [-0.15, -0.1) is 12.4 Å². The van der Waals surface area contributed by atoms with E-state index in [1.165, 1.54) is 5.56 Å². The first-order chi connectivity index (χ1) is 13.7. The summed E-state index contributed by atoms with van der Waals surface area (Å²) in [4.78, 5) is 0. The van der Waals surface area contributed by atoms with Gasteiger partial charge in [0.05, 0.1) is 6.61 Å². The summed E-state index contributed by atoms with van der Waals surface area (Å²) in [6, 6.07) is 24.4. The van der Waals surface area contributed by atoms with Crippen LogP contribution in [0.5, 0.6) is 11.5 Å². The van der Waals surface area contributed by atoms with Crippen LogP contribution < -0.4 is 14.8 Å². The Balaban J connectivity index is 0.00000300. The van der Waals surface area contributed by atoms with Gasteiger partial charge in [-0.05, 0) is 43.2 Å². The highest BCUT2D eigenvalue weighted by molar-refractivity contribution is 6.30. The molecule has 0 amide bonds. The topological polar surface area (TPSA) is 30.5 Å². The molecule has 3 aromatic rings. The fraction of sp³-hybridized carbons (Fsp3) is 0.250. The van der Waals surface area contributed by atoms with Crippen LogP contribution >= 0.6 is 24.0 Å². The molecule has 29 heavy (non-hydrogen) atoms. The van der Waals surface area contributed by atoms with Gasteiger partial charge in [0.25, 0.3) is 0 Å². The maximum absolute atomic E-state index is 6.18. The maximum atomic E-state index is 6.18. The fourth-order valence-corrected chi connectivity index (χ4v) is 3.12. The number of nitrogens with one attached hydrogen (secondary N) is 1. The average Bonchev–Trinajstić information content (AvgIpc) is 2.73. The van der Waals surface area contributed by atoms with Gasteiger partial charge in [-0.25, -0.2) is 0 Å². The summed E-state index contributed by atoms with van der Waals surface area (Å²) in [7, 11) is 0. The van der Waals surface area contributed by atoms with Crippen LogP contribution in [0.15, 0.2) is 72.8 Å². The molecule has 1 N–H and O–H groups in total. The molecule has 5 heteroatoms. The van der Waals surface area contributed by atoms with Gasteiger partial charge < -0.3 is 14.8 Å². The van der Waals surface area contributed by atoms with E-state index < -0.39 is 0 Å². The molecule has 154 valence electrons. The van der Waals surface area contributed by atoms with Crippen LogP contribution in [0.25, 0.3) is 0 Å². The molecule has 0 saturated carbocycles. The smallest absolute Gasteiger partial charge is 0.166 e. The van der Waals surface area contributed by atoms with Crippen molar-refractivity contribution >= 4 is 24.0 Å². The van der Waals surface area contributed by atoms with E-state index in [-0.39, 0.29) is 18.4 Å². The van der Waals surface area contributed by atoms with Crippen LogP contribution in [0.2, 0.25) is 5.02 Å². The molecule has 3 aromatic carbocycles. The summed E-state index contributed by atoms with van der Waals surface area (Å²) in [5.41, 5.74) is 3.39. The molecule has 0 heterocycles. The molecule has 0 aliphatic heterocycles. The first-order valence-electron chi connectivity index (χ1n) is 9.57. The van der Waals surface area contributed by atoms with E-state index >= 15 is 0 Å². The summed E-state index contributed by atoms with van der Waals surface area (Å²) in [6.07, 6.45) is 0. The van der Waals surface area contributed by atoms with Crippen LogP contribution in [0.3, 0.4) is 0 Å². The van der Waals surface area contributed by atoms with Crippen molar-refractivity contribution in [2.24, 2.45) is 0 Å². The summed E-state index contributed by atoms with van der Waals surface area (Å²) < 4.78 is 12.0. The molecule has 3 nitrogen and oxygen atoms in total. The van der Waals surface area contributed by atoms with E-state index in [2.05, 4.69) is 42.6 Å². The molecule has 1 atom stereocenters. The van der Waals surface area contributed by atoms with Crippen LogP contribution in [0.1, 0.15) is 36.6 Å². The lowest BCUT2D eigenvalue weighted by Crippen LogP contribution is -2.18. The second-order valence-corrected chi connectivity index (χ2v) is 7.04. The number of ether oxygens (including phenoxy) is 2. The van der Waals surface area contributed by atoms with Gasteiger partial charge in [-0.3, -0.25) is 0 Å². The Morgan fingerprint density at radius 2 is 1.62 bits per heavy atom. The van der Waals surface area contributed by atoms with Crippen LogP contribution in [-0.2, 0) is 13.2 Å². The quantitative estimate of drug-likeness (QED) is 0.414. The van der Waals surface area contributed by atoms with Crippen molar-refractivity contribution in [3.63, 3.8) is 0 Å². The largest absolute Gasteiger partial charge is 0.490 e. The van der Waals surface area contributed by atoms with Gasteiger partial charge in [-0.2, -0.15) is 0 Å². The van der Waals surface area contributed by atoms with E-state index in [1.807, 2.05) is 49.4 Å². The zero-order chi connectivity index (χ0) is 19.8. The van der Waals surface area contributed by atoms with Crippen molar-refractivity contribution in [2.45, 2.75) is 33.0 Å². The van der Waals surface area contributed by atoms with Crippen molar-refractivity contribution in [1.29, 1.82) is 0 Å². The Bertz CT molecular complexity index is 870. The van der Waals surface area contributed by atoms with Gasteiger partial charge >= 0.3 is 0 Å². The van der Waals surface area contributed by atoms with Gasteiger partial charge in [-0.1, -0.05) is 66.2 Å². The first-order valence-corrected chi connectivity index (χ1v) is 9.95. The minimum absolute atomic E-state index is 0. The highest BCUT2D eigenvalue weighted by Crippen LogP contribution is 2.32. The highest BCUT2D eigenvalue weighted by Gasteiger charge is 2.13. The summed E-state index contributed by atoms with van der Waals surface area (Å²) in [5, 5.41) is 4.30. The molecular formula is C24H27Cl2NO2. The van der Waals surface area contributed by atoms with Crippen molar-refractivity contribution in [1.82, 2.24) is 5.32 Å². The second kappa shape index (κ2) is 11.7. The lowest BCUT2D eigenvalue weighted by atomic mass is 10.1. The van der Waals surface area contributed by atoms with E-state index in [1.54, 1.807) is 0 Å². The molecule has 0 aliphatic rings. The Labute approximate surface area is 184 Å². The fourth-order valence-electron chi connectivity index (χ4n) is 2.99. The zero-order valence-electron chi connectivity index (χ0n) is 16.7. The van der Waals surface area contributed by atoms with Crippen LogP contribution in [-0.4, -0.2) is 6.61 Å². The van der Waals surface area contributed by atoms with Gasteiger partial charge in [0.15, 0.2) is 11.5 Å². The molecule has 0 aromatic heterocycles. The number of rotatable bonds is 9. The molecule has 0 fully saturated rings. The van der Waals surface area contributed by atoms with Crippen molar-refractivity contribution in [3.05, 3.63) is 94.5 Å². The van der Waals surface area contributed by atoms with Crippen LogP contribution in [0.4, 0.5) is 0 Å². The van der Waals surface area contributed by atoms with E-state index in [0.717, 1.165) is 27.6 Å². The zero-order valence-corrected chi connectivity index (χ0v) is 18.3. The van der Waals surface area contributed by atoms with Gasteiger partial charge in [0.1, 0.15) is 6.61 Å². The molecule has 3 rings (SSSR count). The van der Waals surface area contributed by atoms with Gasteiger partial charge in [0, 0.05) is 23.2 Å². The third kappa shape index (κ3) is 6.67. The first kappa shape index (κ1) is 23.1. The van der Waals surface area contributed by atoms with E-state index in [0.29, 0.717) is 19.8 Å². The summed E-state index contributed by atoms with van der Waals surface area (Å²) in [6.45, 7) is 5.88. The monoisotopic (exact) mass is 431 g/mol. The number of benzene rings is 3. The molecule has 0 bridgehead atoms. The molecule has 0 aliphatic carbocycles. The Morgan fingerprint density at radius 1 is 0.897 bits per heavy atom. The Hall–Kier alpha value is -2.20. The maximum Gasteiger partial charge on any atom is 0.166 e. The molecule has 0 spiro atoms. The van der Waals surface area contributed by atoms with Crippen LogP contribution in [0, 0.1) is 0 Å². The van der Waals surface area contributed by atoms with E-state index in [9.17, 15) is 0 Å². The molecule has 1 unspecified atom stereocenters. The minimum Gasteiger partial charge on any atom is -0.490 e. The predicted octanol–water partition coefficient (Wildman–Crippen LogP) is 6.59. The Kier molecular flexibility index (Phi) is 9.33. The predicted molar refractivity (Wildman–Crippen MR) is 122 cm³/mol. The molecule has 0 saturated heterocycles. The van der Waals surface area contributed by atoms with Crippen molar-refractivity contribution < 1.29 is 9.47 Å². The number of halogens is 2. The lowest BCUT2D eigenvalue weighted by molar-refractivity contribution is 0.266. The summed E-state index contributed by atoms with van der Waals surface area (Å²) >= 11 is 5.97. The van der Waals surface area contributed by atoms with Crippen molar-refractivity contribution in [2.75, 3.05) is 6.61 Å². The number of hydrogen-bond donors (Lipinski definition) is 1. The Morgan fingerprint density at radius 3 is 2.31 bits per heavy atom. The lowest BCUT2D eigenvalue weighted by Gasteiger charge is -2.19. The SMILES string of the molecule is CCOc1cccc(CNC(C)c2ccccc2)c1OCc1ccc(Cl)cc1.Cl. The second-order valence-electron chi connectivity index (χ2n) is 6.61.